The van der Waals surface area contributed by atoms with Crippen molar-refractivity contribution in [2.75, 3.05) is 13.4 Å². The zero-order valence-electron chi connectivity index (χ0n) is 13.0. The number of aliphatic hydroxyl groups is 1. The van der Waals surface area contributed by atoms with Gasteiger partial charge >= 0.3 is 5.97 Å². The zero-order chi connectivity index (χ0) is 17.1. The molecule has 0 saturated carbocycles. The molecule has 2 aliphatic heterocycles. The monoisotopic (exact) mass is 343 g/mol. The van der Waals surface area contributed by atoms with Gasteiger partial charge in [0, 0.05) is 18.0 Å². The summed E-state index contributed by atoms with van der Waals surface area (Å²) in [4.78, 5) is 16.1. The molecular weight excluding hydrogens is 329 g/mol. The molecule has 25 heavy (non-hydrogen) atoms. The van der Waals surface area contributed by atoms with Crippen LogP contribution >= 0.6 is 0 Å². The number of carbonyl (C=O) groups is 1. The average Bonchev–Trinajstić information content (AvgIpc) is 3.22. The third kappa shape index (κ3) is 2.05. The number of esters is 1. The quantitative estimate of drug-likeness (QED) is 0.630. The fourth-order valence-electron chi connectivity index (χ4n) is 4.10. The van der Waals surface area contributed by atoms with Crippen LogP contribution in [0.5, 0.6) is 11.5 Å². The highest BCUT2D eigenvalue weighted by Gasteiger charge is 2.52. The van der Waals surface area contributed by atoms with E-state index in [9.17, 15) is 14.3 Å². The fraction of sp³-hybridized carbons (Fsp3) is 0.333. The fourth-order valence-corrected chi connectivity index (χ4v) is 4.10. The summed E-state index contributed by atoms with van der Waals surface area (Å²) < 4.78 is 29.3. The predicted octanol–water partition coefficient (Wildman–Crippen LogP) is 1.92. The lowest BCUT2D eigenvalue weighted by Crippen LogP contribution is -2.34. The zero-order valence-corrected chi connectivity index (χ0v) is 13.0. The van der Waals surface area contributed by atoms with Crippen molar-refractivity contribution in [2.45, 2.75) is 12.0 Å². The molecule has 3 heterocycles. The first-order valence-electron chi connectivity index (χ1n) is 8.03. The minimum absolute atomic E-state index is 0.117. The second-order valence-corrected chi connectivity index (χ2v) is 6.49. The standard InChI is InChI=1S/C18H14FNO5/c19-14-2-1-8(5-20-14)15-9-3-12-13(25-7-24-12)4-10(9)17(21)11-6-23-18(22)16(11)15/h1-5,11,15-17,21H,6-7H2/t11-,15+,16-,17-/m0/s1. The Hall–Kier alpha value is -2.67. The maximum absolute atomic E-state index is 13.3. The number of aromatic nitrogens is 1. The number of hydrogen-bond donors (Lipinski definition) is 1. The summed E-state index contributed by atoms with van der Waals surface area (Å²) in [5, 5.41) is 10.8. The van der Waals surface area contributed by atoms with Crippen molar-refractivity contribution in [1.29, 1.82) is 0 Å². The van der Waals surface area contributed by atoms with E-state index in [-0.39, 0.29) is 31.2 Å². The highest BCUT2D eigenvalue weighted by atomic mass is 19.1. The molecule has 1 aliphatic carbocycles. The van der Waals surface area contributed by atoms with E-state index in [1.54, 1.807) is 18.2 Å². The molecule has 1 aromatic carbocycles. The predicted molar refractivity (Wildman–Crippen MR) is 81.5 cm³/mol. The highest BCUT2D eigenvalue weighted by Crippen LogP contribution is 2.53. The van der Waals surface area contributed by atoms with E-state index in [2.05, 4.69) is 4.98 Å². The third-order valence-electron chi connectivity index (χ3n) is 5.26. The Balaban J connectivity index is 1.73. The molecule has 0 radical (unpaired) electrons. The Kier molecular flexibility index (Phi) is 3.03. The van der Waals surface area contributed by atoms with Gasteiger partial charge in [0.1, 0.15) is 0 Å². The van der Waals surface area contributed by atoms with Gasteiger partial charge in [-0.15, -0.1) is 0 Å². The smallest absolute Gasteiger partial charge is 0.310 e. The van der Waals surface area contributed by atoms with Gasteiger partial charge in [-0.2, -0.15) is 4.39 Å². The highest BCUT2D eigenvalue weighted by molar-refractivity contribution is 5.78. The Bertz CT molecular complexity index is 869. The van der Waals surface area contributed by atoms with Gasteiger partial charge in [-0.3, -0.25) is 4.79 Å². The van der Waals surface area contributed by atoms with Gasteiger partial charge in [-0.05, 0) is 34.9 Å². The van der Waals surface area contributed by atoms with Crippen LogP contribution in [0, 0.1) is 17.8 Å². The van der Waals surface area contributed by atoms with E-state index in [1.807, 2.05) is 0 Å². The Morgan fingerprint density at radius 3 is 2.60 bits per heavy atom. The Morgan fingerprint density at radius 2 is 1.88 bits per heavy atom. The molecule has 3 aliphatic rings. The second-order valence-electron chi connectivity index (χ2n) is 6.49. The number of ether oxygens (including phenoxy) is 3. The largest absolute Gasteiger partial charge is 0.465 e. The van der Waals surface area contributed by atoms with Crippen molar-refractivity contribution in [1.82, 2.24) is 4.98 Å². The molecular formula is C18H14FNO5. The van der Waals surface area contributed by atoms with Gasteiger partial charge in [-0.25, -0.2) is 4.98 Å². The summed E-state index contributed by atoms with van der Waals surface area (Å²) in [6.45, 7) is 0.273. The van der Waals surface area contributed by atoms with Crippen LogP contribution in [-0.2, 0) is 9.53 Å². The molecule has 4 atom stereocenters. The first-order chi connectivity index (χ1) is 12.1. The third-order valence-corrected chi connectivity index (χ3v) is 5.26. The minimum Gasteiger partial charge on any atom is -0.465 e. The van der Waals surface area contributed by atoms with Gasteiger partial charge in [0.25, 0.3) is 0 Å². The summed E-state index contributed by atoms with van der Waals surface area (Å²) in [5.74, 6) is -1.11. The van der Waals surface area contributed by atoms with Crippen molar-refractivity contribution >= 4 is 5.97 Å². The minimum atomic E-state index is -0.842. The molecule has 0 unspecified atom stereocenters. The summed E-state index contributed by atoms with van der Waals surface area (Å²) in [7, 11) is 0. The van der Waals surface area contributed by atoms with Crippen LogP contribution in [0.3, 0.4) is 0 Å². The van der Waals surface area contributed by atoms with Crippen LogP contribution in [0.1, 0.15) is 28.7 Å². The molecule has 7 heteroatoms. The van der Waals surface area contributed by atoms with Crippen molar-refractivity contribution in [3.05, 3.63) is 53.1 Å². The van der Waals surface area contributed by atoms with E-state index in [0.717, 1.165) is 5.56 Å². The number of benzene rings is 1. The van der Waals surface area contributed by atoms with Crippen LogP contribution in [-0.4, -0.2) is 29.5 Å². The van der Waals surface area contributed by atoms with Gasteiger partial charge in [0.2, 0.25) is 12.7 Å². The van der Waals surface area contributed by atoms with Gasteiger partial charge in [0.05, 0.1) is 18.6 Å². The summed E-state index contributed by atoms with van der Waals surface area (Å²) in [6, 6.07) is 6.42. The first kappa shape index (κ1) is 14.7. The van der Waals surface area contributed by atoms with Crippen molar-refractivity contribution in [3.8, 4) is 11.5 Å². The van der Waals surface area contributed by atoms with Gasteiger partial charge in [-0.1, -0.05) is 6.07 Å². The van der Waals surface area contributed by atoms with Crippen LogP contribution in [0.2, 0.25) is 0 Å². The molecule has 1 saturated heterocycles. The second kappa shape index (κ2) is 5.16. The Labute approximate surface area is 142 Å². The number of hydrogen-bond acceptors (Lipinski definition) is 6. The SMILES string of the molecule is O=C1OC[C@H]2[C@H]1[C@H](c1ccc(F)nc1)c1cc3c(cc1[C@@H]2O)OCO3. The van der Waals surface area contributed by atoms with E-state index >= 15 is 0 Å². The first-order valence-corrected chi connectivity index (χ1v) is 8.03. The average molecular weight is 343 g/mol. The molecule has 5 rings (SSSR count). The summed E-state index contributed by atoms with van der Waals surface area (Å²) >= 11 is 0. The van der Waals surface area contributed by atoms with Crippen molar-refractivity contribution in [2.24, 2.45) is 11.8 Å². The molecule has 0 amide bonds. The van der Waals surface area contributed by atoms with E-state index in [4.69, 9.17) is 14.2 Å². The maximum Gasteiger partial charge on any atom is 0.310 e. The molecule has 1 N–H and O–H groups in total. The molecule has 0 spiro atoms. The maximum atomic E-state index is 13.3. The molecule has 128 valence electrons. The van der Waals surface area contributed by atoms with Gasteiger partial charge < -0.3 is 19.3 Å². The molecule has 6 nitrogen and oxygen atoms in total. The number of pyridine rings is 1. The lowest BCUT2D eigenvalue weighted by molar-refractivity contribution is -0.141. The number of aliphatic hydroxyl groups excluding tert-OH is 1. The Morgan fingerprint density at radius 1 is 1.12 bits per heavy atom. The molecule has 2 aromatic rings. The van der Waals surface area contributed by atoms with Crippen LogP contribution < -0.4 is 9.47 Å². The summed E-state index contributed by atoms with van der Waals surface area (Å²) in [5.41, 5.74) is 2.13. The van der Waals surface area contributed by atoms with Crippen LogP contribution in [0.25, 0.3) is 0 Å². The molecule has 1 fully saturated rings. The van der Waals surface area contributed by atoms with Crippen molar-refractivity contribution in [3.63, 3.8) is 0 Å². The van der Waals surface area contributed by atoms with E-state index in [1.165, 1.54) is 12.3 Å². The number of carbonyl (C=O) groups excluding carboxylic acids is 1. The normalized spacial score (nSPS) is 29.1. The lowest BCUT2D eigenvalue weighted by atomic mass is 9.66. The molecule has 0 bridgehead atoms. The van der Waals surface area contributed by atoms with Crippen LogP contribution in [0.15, 0.2) is 30.5 Å². The number of rotatable bonds is 1. The summed E-state index contributed by atoms with van der Waals surface area (Å²) in [6.07, 6.45) is 0.583. The number of fused-ring (bicyclic) bond motifs is 3. The number of nitrogens with zero attached hydrogens (tertiary/aromatic N) is 1. The van der Waals surface area contributed by atoms with Crippen molar-refractivity contribution < 1.29 is 28.5 Å². The van der Waals surface area contributed by atoms with Crippen LogP contribution in [0.4, 0.5) is 4.39 Å². The van der Waals surface area contributed by atoms with E-state index < -0.39 is 18.0 Å². The van der Waals surface area contributed by atoms with Gasteiger partial charge in [0.15, 0.2) is 11.5 Å². The topological polar surface area (TPSA) is 77.9 Å². The lowest BCUT2D eigenvalue weighted by Gasteiger charge is -2.36. The number of halogens is 1. The molecule has 1 aromatic heterocycles. The van der Waals surface area contributed by atoms with E-state index in [0.29, 0.717) is 22.6 Å². The number of cyclic esters (lactones) is 1.